The molecule has 0 aromatic heterocycles. The highest BCUT2D eigenvalue weighted by atomic mass is 35.5. The summed E-state index contributed by atoms with van der Waals surface area (Å²) >= 11 is 1.86. The molecule has 18 heavy (non-hydrogen) atoms. The molecule has 2 bridgehead atoms. The first kappa shape index (κ1) is 18.3. The molecule has 3 N–H and O–H groups in total. The number of nitrogens with zero attached hydrogens (tertiary/aromatic N) is 2. The van der Waals surface area contributed by atoms with Crippen LogP contribution in [0.5, 0.6) is 0 Å². The minimum atomic E-state index is 0. The standard InChI is InChI=1S/C11H22N4S.2ClH/c1-2-16-11(14-6-5-12)15-9-3-4-10(15)8-13-7-9;;/h9-10,13H,2-8,12H2,1H3;2*1H/b14-11+;;. The van der Waals surface area contributed by atoms with Crippen molar-refractivity contribution >= 4 is 41.7 Å². The van der Waals surface area contributed by atoms with Crippen LogP contribution in [0.3, 0.4) is 0 Å². The van der Waals surface area contributed by atoms with Crippen LogP contribution in [0, 0.1) is 0 Å². The third-order valence-corrected chi connectivity index (χ3v) is 4.14. The summed E-state index contributed by atoms with van der Waals surface area (Å²) in [7, 11) is 0. The number of hydrogen-bond donors (Lipinski definition) is 2. The predicted molar refractivity (Wildman–Crippen MR) is 85.5 cm³/mol. The minimum absolute atomic E-state index is 0. The molecule has 0 aromatic carbocycles. The van der Waals surface area contributed by atoms with Crippen LogP contribution in [-0.2, 0) is 0 Å². The Morgan fingerprint density at radius 1 is 1.33 bits per heavy atom. The van der Waals surface area contributed by atoms with Gasteiger partial charge in [0.15, 0.2) is 5.17 Å². The van der Waals surface area contributed by atoms with E-state index in [1.807, 2.05) is 11.8 Å². The molecule has 7 heteroatoms. The molecule has 0 spiro atoms. The van der Waals surface area contributed by atoms with Crippen LogP contribution >= 0.6 is 36.6 Å². The van der Waals surface area contributed by atoms with Crippen LogP contribution in [0.1, 0.15) is 19.8 Å². The van der Waals surface area contributed by atoms with Gasteiger partial charge >= 0.3 is 0 Å². The third kappa shape index (κ3) is 4.17. The zero-order valence-electron chi connectivity index (χ0n) is 10.8. The van der Waals surface area contributed by atoms with E-state index in [1.165, 1.54) is 18.0 Å². The van der Waals surface area contributed by atoms with Crippen LogP contribution in [0.15, 0.2) is 4.99 Å². The number of nitrogens with one attached hydrogen (secondary N) is 1. The van der Waals surface area contributed by atoms with Crippen molar-refractivity contribution in [3.63, 3.8) is 0 Å². The molecule has 108 valence electrons. The number of fused-ring (bicyclic) bond motifs is 2. The Hall–Kier alpha value is 0.320. The zero-order chi connectivity index (χ0) is 11.4. The molecule has 0 radical (unpaired) electrons. The van der Waals surface area contributed by atoms with E-state index >= 15 is 0 Å². The molecule has 2 fully saturated rings. The van der Waals surface area contributed by atoms with Crippen LogP contribution in [0.2, 0.25) is 0 Å². The average Bonchev–Trinajstić information content (AvgIpc) is 2.55. The lowest BCUT2D eigenvalue weighted by atomic mass is 10.2. The Morgan fingerprint density at radius 2 is 1.94 bits per heavy atom. The molecule has 0 saturated carbocycles. The molecular weight excluding hydrogens is 291 g/mol. The highest BCUT2D eigenvalue weighted by molar-refractivity contribution is 8.13. The maximum Gasteiger partial charge on any atom is 0.159 e. The summed E-state index contributed by atoms with van der Waals surface area (Å²) in [6.07, 6.45) is 2.62. The van der Waals surface area contributed by atoms with E-state index in [2.05, 4.69) is 22.1 Å². The number of aliphatic imine (C=N–C) groups is 1. The van der Waals surface area contributed by atoms with Gasteiger partial charge in [-0.25, -0.2) is 0 Å². The summed E-state index contributed by atoms with van der Waals surface area (Å²) in [5.74, 6) is 1.09. The van der Waals surface area contributed by atoms with Gasteiger partial charge < -0.3 is 16.0 Å². The van der Waals surface area contributed by atoms with Crippen LogP contribution in [0.25, 0.3) is 0 Å². The Labute approximate surface area is 126 Å². The molecule has 2 rings (SSSR count). The second-order valence-electron chi connectivity index (χ2n) is 4.34. The summed E-state index contributed by atoms with van der Waals surface area (Å²) in [6.45, 7) is 5.82. The Balaban J connectivity index is 0.00000144. The maximum absolute atomic E-state index is 5.54. The van der Waals surface area contributed by atoms with Gasteiger partial charge in [-0.3, -0.25) is 4.99 Å². The summed E-state index contributed by atoms with van der Waals surface area (Å²) in [5, 5.41) is 4.72. The van der Waals surface area contributed by atoms with Gasteiger partial charge in [-0.15, -0.1) is 24.8 Å². The summed E-state index contributed by atoms with van der Waals surface area (Å²) < 4.78 is 0. The number of nitrogens with two attached hydrogens (primary N) is 1. The van der Waals surface area contributed by atoms with Crippen LogP contribution in [0.4, 0.5) is 0 Å². The Kier molecular flexibility index (Phi) is 9.42. The normalized spacial score (nSPS) is 26.6. The number of thioether (sulfide) groups is 1. The van der Waals surface area contributed by atoms with Crippen molar-refractivity contribution in [3.05, 3.63) is 0 Å². The zero-order valence-corrected chi connectivity index (χ0v) is 13.3. The van der Waals surface area contributed by atoms with Gasteiger partial charge in [0.2, 0.25) is 0 Å². The third-order valence-electron chi connectivity index (χ3n) is 3.25. The van der Waals surface area contributed by atoms with Gasteiger partial charge in [0, 0.05) is 31.7 Å². The van der Waals surface area contributed by atoms with E-state index in [-0.39, 0.29) is 24.8 Å². The lowest BCUT2D eigenvalue weighted by molar-refractivity contribution is 0.257. The molecule has 2 atom stereocenters. The van der Waals surface area contributed by atoms with E-state index in [1.54, 1.807) is 0 Å². The van der Waals surface area contributed by atoms with Gasteiger partial charge in [-0.1, -0.05) is 18.7 Å². The van der Waals surface area contributed by atoms with Gasteiger partial charge in [0.05, 0.1) is 6.54 Å². The number of hydrogen-bond acceptors (Lipinski definition) is 4. The second-order valence-corrected chi connectivity index (χ2v) is 5.57. The summed E-state index contributed by atoms with van der Waals surface area (Å²) in [4.78, 5) is 7.19. The van der Waals surface area contributed by atoms with Crippen LogP contribution < -0.4 is 11.1 Å². The lowest BCUT2D eigenvalue weighted by Gasteiger charge is -2.37. The smallest absolute Gasteiger partial charge is 0.159 e. The molecule has 2 unspecified atom stereocenters. The Bertz CT molecular complexity index is 249. The van der Waals surface area contributed by atoms with Gasteiger partial charge in [0.1, 0.15) is 0 Å². The summed E-state index contributed by atoms with van der Waals surface area (Å²) in [6, 6.07) is 1.32. The van der Waals surface area contributed by atoms with E-state index in [4.69, 9.17) is 5.73 Å². The first-order valence-electron chi connectivity index (χ1n) is 6.23. The van der Waals surface area contributed by atoms with E-state index in [0.717, 1.165) is 25.4 Å². The van der Waals surface area contributed by atoms with E-state index in [9.17, 15) is 0 Å². The van der Waals surface area contributed by atoms with Crippen molar-refractivity contribution in [2.45, 2.75) is 31.8 Å². The largest absolute Gasteiger partial charge is 0.343 e. The Morgan fingerprint density at radius 3 is 2.44 bits per heavy atom. The monoisotopic (exact) mass is 314 g/mol. The maximum atomic E-state index is 5.54. The minimum Gasteiger partial charge on any atom is -0.343 e. The quantitative estimate of drug-likeness (QED) is 0.609. The molecule has 0 aliphatic carbocycles. The molecule has 0 amide bonds. The highest BCUT2D eigenvalue weighted by Crippen LogP contribution is 2.29. The van der Waals surface area contributed by atoms with Crippen molar-refractivity contribution < 1.29 is 0 Å². The molecular formula is C11H24Cl2N4S. The highest BCUT2D eigenvalue weighted by Gasteiger charge is 2.38. The topological polar surface area (TPSA) is 53.6 Å². The second kappa shape index (κ2) is 9.26. The fourth-order valence-electron chi connectivity index (χ4n) is 2.58. The fraction of sp³-hybridized carbons (Fsp3) is 0.909. The van der Waals surface area contributed by atoms with Crippen molar-refractivity contribution in [1.29, 1.82) is 0 Å². The molecule has 2 aliphatic heterocycles. The first-order chi connectivity index (χ1) is 7.86. The van der Waals surface area contributed by atoms with E-state index < -0.39 is 0 Å². The molecule has 0 aromatic rings. The van der Waals surface area contributed by atoms with Crippen LogP contribution in [-0.4, -0.2) is 54.1 Å². The fourth-order valence-corrected chi connectivity index (χ4v) is 3.47. The van der Waals surface area contributed by atoms with E-state index in [0.29, 0.717) is 18.6 Å². The van der Waals surface area contributed by atoms with Crippen molar-refractivity contribution in [3.8, 4) is 0 Å². The number of piperazine rings is 1. The van der Waals surface area contributed by atoms with Gasteiger partial charge in [-0.2, -0.15) is 0 Å². The van der Waals surface area contributed by atoms with Crippen molar-refractivity contribution in [2.24, 2.45) is 10.7 Å². The number of amidine groups is 1. The van der Waals surface area contributed by atoms with Crippen molar-refractivity contribution in [2.75, 3.05) is 31.9 Å². The lowest BCUT2D eigenvalue weighted by Crippen LogP contribution is -2.53. The number of halogens is 2. The summed E-state index contributed by atoms with van der Waals surface area (Å²) in [5.41, 5.74) is 5.54. The van der Waals surface area contributed by atoms with Gasteiger partial charge in [0.25, 0.3) is 0 Å². The van der Waals surface area contributed by atoms with Crippen molar-refractivity contribution in [1.82, 2.24) is 10.2 Å². The molecule has 2 aliphatic rings. The molecule has 4 nitrogen and oxygen atoms in total. The predicted octanol–water partition coefficient (Wildman–Crippen LogP) is 1.33. The molecule has 2 saturated heterocycles. The SMILES string of the molecule is CCS/C(=N/CCN)N1C2CCC1CNC2.Cl.Cl. The number of rotatable bonds is 3. The molecule has 2 heterocycles. The first-order valence-corrected chi connectivity index (χ1v) is 7.21. The van der Waals surface area contributed by atoms with Gasteiger partial charge in [-0.05, 0) is 18.6 Å². The average molecular weight is 315 g/mol.